The summed E-state index contributed by atoms with van der Waals surface area (Å²) in [4.78, 5) is 11.0. The van der Waals surface area contributed by atoms with E-state index >= 15 is 0 Å². The molecule has 0 fully saturated rings. The van der Waals surface area contributed by atoms with Crippen LogP contribution in [0.4, 0.5) is 0 Å². The van der Waals surface area contributed by atoms with Crippen molar-refractivity contribution >= 4 is 5.91 Å². The Kier molecular flexibility index (Phi) is 11.9. The number of carbonyl (C=O) groups excluding carboxylic acids is 1. The first-order valence-corrected chi connectivity index (χ1v) is 5.72. The maximum Gasteiger partial charge on any atom is 0.245 e. The smallest absolute Gasteiger partial charge is 0.245 e. The highest BCUT2D eigenvalue weighted by atomic mass is 16.5. The Morgan fingerprint density at radius 1 is 1.06 bits per heavy atom. The lowest BCUT2D eigenvalue weighted by Gasteiger charge is -2.05. The SMILES string of the molecule is CCNC(=O)COCCCOCCCOC. The van der Waals surface area contributed by atoms with Crippen molar-refractivity contribution in [3.05, 3.63) is 0 Å². The van der Waals surface area contributed by atoms with Gasteiger partial charge in [0.05, 0.1) is 0 Å². The van der Waals surface area contributed by atoms with Gasteiger partial charge in [0, 0.05) is 40.1 Å². The Morgan fingerprint density at radius 3 is 2.31 bits per heavy atom. The number of hydrogen-bond acceptors (Lipinski definition) is 4. The Bertz CT molecular complexity index is 164. The molecule has 0 saturated carbocycles. The fourth-order valence-electron chi connectivity index (χ4n) is 1.08. The predicted octanol–water partition coefficient (Wildman–Crippen LogP) is 0.582. The summed E-state index contributed by atoms with van der Waals surface area (Å²) in [5.74, 6) is -0.0662. The van der Waals surface area contributed by atoms with Crippen molar-refractivity contribution in [3.8, 4) is 0 Å². The molecule has 96 valence electrons. The summed E-state index contributed by atoms with van der Waals surface area (Å²) in [7, 11) is 1.68. The van der Waals surface area contributed by atoms with Gasteiger partial charge in [0.2, 0.25) is 5.91 Å². The van der Waals surface area contributed by atoms with Gasteiger partial charge in [-0.3, -0.25) is 4.79 Å². The fourth-order valence-corrected chi connectivity index (χ4v) is 1.08. The normalized spacial score (nSPS) is 10.4. The minimum absolute atomic E-state index is 0.0662. The van der Waals surface area contributed by atoms with Crippen molar-refractivity contribution in [3.63, 3.8) is 0 Å². The lowest BCUT2D eigenvalue weighted by atomic mass is 10.4. The van der Waals surface area contributed by atoms with Crippen LogP contribution in [0.3, 0.4) is 0 Å². The highest BCUT2D eigenvalue weighted by Crippen LogP contribution is 1.88. The van der Waals surface area contributed by atoms with Gasteiger partial charge >= 0.3 is 0 Å². The van der Waals surface area contributed by atoms with Gasteiger partial charge in [-0.2, -0.15) is 0 Å². The second-order valence-corrected chi connectivity index (χ2v) is 3.32. The molecule has 0 radical (unpaired) electrons. The van der Waals surface area contributed by atoms with Crippen molar-refractivity contribution in [1.82, 2.24) is 5.32 Å². The van der Waals surface area contributed by atoms with Gasteiger partial charge in [-0.1, -0.05) is 0 Å². The van der Waals surface area contributed by atoms with Gasteiger partial charge in [-0.25, -0.2) is 0 Å². The van der Waals surface area contributed by atoms with Gasteiger partial charge < -0.3 is 19.5 Å². The second-order valence-electron chi connectivity index (χ2n) is 3.32. The zero-order valence-corrected chi connectivity index (χ0v) is 10.3. The zero-order chi connectivity index (χ0) is 12.1. The highest BCUT2D eigenvalue weighted by molar-refractivity contribution is 5.77. The van der Waals surface area contributed by atoms with Crippen LogP contribution in [0.25, 0.3) is 0 Å². The van der Waals surface area contributed by atoms with Gasteiger partial charge in [-0.05, 0) is 19.8 Å². The molecule has 0 bridgehead atoms. The molecule has 16 heavy (non-hydrogen) atoms. The summed E-state index contributed by atoms with van der Waals surface area (Å²) in [6.45, 7) is 5.33. The average molecular weight is 233 g/mol. The summed E-state index contributed by atoms with van der Waals surface area (Å²) in [6, 6.07) is 0. The van der Waals surface area contributed by atoms with Crippen LogP contribution in [-0.2, 0) is 19.0 Å². The summed E-state index contributed by atoms with van der Waals surface area (Å²) in [5, 5.41) is 2.66. The Hall–Kier alpha value is -0.650. The van der Waals surface area contributed by atoms with E-state index in [0.29, 0.717) is 26.4 Å². The van der Waals surface area contributed by atoms with E-state index < -0.39 is 0 Å². The van der Waals surface area contributed by atoms with Crippen LogP contribution >= 0.6 is 0 Å². The van der Waals surface area contributed by atoms with E-state index in [9.17, 15) is 4.79 Å². The van der Waals surface area contributed by atoms with Gasteiger partial charge in [0.1, 0.15) is 6.61 Å². The quantitative estimate of drug-likeness (QED) is 0.530. The van der Waals surface area contributed by atoms with E-state index in [1.54, 1.807) is 7.11 Å². The third kappa shape index (κ3) is 11.4. The number of amides is 1. The third-order valence-corrected chi connectivity index (χ3v) is 1.82. The van der Waals surface area contributed by atoms with Crippen LogP contribution in [0.2, 0.25) is 0 Å². The van der Waals surface area contributed by atoms with Crippen LogP contribution in [0.15, 0.2) is 0 Å². The van der Waals surface area contributed by atoms with E-state index in [1.807, 2.05) is 6.92 Å². The first-order chi connectivity index (χ1) is 7.81. The van der Waals surface area contributed by atoms with Crippen LogP contribution in [0, 0.1) is 0 Å². The number of methoxy groups -OCH3 is 1. The molecule has 0 saturated heterocycles. The third-order valence-electron chi connectivity index (χ3n) is 1.82. The summed E-state index contributed by atoms with van der Waals surface area (Å²) in [5.41, 5.74) is 0. The molecule has 0 atom stereocenters. The lowest BCUT2D eigenvalue weighted by Crippen LogP contribution is -2.27. The topological polar surface area (TPSA) is 56.8 Å². The molecule has 0 aromatic carbocycles. The molecule has 0 heterocycles. The van der Waals surface area contributed by atoms with Crippen molar-refractivity contribution in [2.45, 2.75) is 19.8 Å². The molecule has 0 unspecified atom stereocenters. The van der Waals surface area contributed by atoms with Crippen LogP contribution < -0.4 is 5.32 Å². The molecular weight excluding hydrogens is 210 g/mol. The van der Waals surface area contributed by atoms with Crippen molar-refractivity contribution < 1.29 is 19.0 Å². The molecule has 5 nitrogen and oxygen atoms in total. The summed E-state index contributed by atoms with van der Waals surface area (Å²) < 4.78 is 15.4. The van der Waals surface area contributed by atoms with Crippen LogP contribution in [0.1, 0.15) is 19.8 Å². The number of likely N-dealkylation sites (N-methyl/N-ethyl adjacent to an activating group) is 1. The van der Waals surface area contributed by atoms with Crippen molar-refractivity contribution in [2.24, 2.45) is 0 Å². The average Bonchev–Trinajstić information content (AvgIpc) is 2.27. The maximum absolute atomic E-state index is 11.0. The molecule has 5 heteroatoms. The largest absolute Gasteiger partial charge is 0.385 e. The molecule has 1 amide bonds. The minimum Gasteiger partial charge on any atom is -0.385 e. The van der Waals surface area contributed by atoms with Gasteiger partial charge in [-0.15, -0.1) is 0 Å². The molecule has 0 aliphatic heterocycles. The predicted molar refractivity (Wildman–Crippen MR) is 61.4 cm³/mol. The van der Waals surface area contributed by atoms with E-state index in [1.165, 1.54) is 0 Å². The molecular formula is C11H23NO4. The molecule has 1 N–H and O–H groups in total. The Labute approximate surface area is 97.4 Å². The summed E-state index contributed by atoms with van der Waals surface area (Å²) >= 11 is 0. The number of rotatable bonds is 11. The minimum atomic E-state index is -0.0662. The van der Waals surface area contributed by atoms with E-state index in [2.05, 4.69) is 5.32 Å². The fraction of sp³-hybridized carbons (Fsp3) is 0.909. The number of carbonyl (C=O) groups is 1. The van der Waals surface area contributed by atoms with E-state index in [0.717, 1.165) is 19.4 Å². The second kappa shape index (κ2) is 12.4. The zero-order valence-electron chi connectivity index (χ0n) is 10.3. The molecule has 0 aromatic heterocycles. The molecule has 0 aliphatic carbocycles. The first kappa shape index (κ1) is 15.3. The molecule has 0 rings (SSSR count). The Balaban J connectivity index is 3.01. The number of nitrogens with one attached hydrogen (secondary N) is 1. The molecule has 0 spiro atoms. The summed E-state index contributed by atoms with van der Waals surface area (Å²) in [6.07, 6.45) is 1.72. The van der Waals surface area contributed by atoms with Crippen molar-refractivity contribution in [1.29, 1.82) is 0 Å². The maximum atomic E-state index is 11.0. The van der Waals surface area contributed by atoms with E-state index in [-0.39, 0.29) is 12.5 Å². The molecule has 0 aromatic rings. The van der Waals surface area contributed by atoms with Gasteiger partial charge in [0.15, 0.2) is 0 Å². The monoisotopic (exact) mass is 233 g/mol. The number of hydrogen-bond donors (Lipinski definition) is 1. The van der Waals surface area contributed by atoms with Crippen LogP contribution in [-0.4, -0.2) is 52.6 Å². The lowest BCUT2D eigenvalue weighted by molar-refractivity contribution is -0.125. The number of ether oxygens (including phenoxy) is 3. The highest BCUT2D eigenvalue weighted by Gasteiger charge is 1.98. The van der Waals surface area contributed by atoms with Crippen molar-refractivity contribution in [2.75, 3.05) is 46.7 Å². The van der Waals surface area contributed by atoms with Crippen LogP contribution in [0.5, 0.6) is 0 Å². The molecule has 0 aliphatic rings. The first-order valence-electron chi connectivity index (χ1n) is 5.72. The Morgan fingerprint density at radius 2 is 1.69 bits per heavy atom. The van der Waals surface area contributed by atoms with Gasteiger partial charge in [0.25, 0.3) is 0 Å². The van der Waals surface area contributed by atoms with E-state index in [4.69, 9.17) is 14.2 Å². The standard InChI is InChI=1S/C11H23NO4/c1-3-12-11(13)10-16-9-5-8-15-7-4-6-14-2/h3-10H2,1-2H3,(H,12,13).